The minimum Gasteiger partial charge on any atom is -0.475 e. The van der Waals surface area contributed by atoms with Crippen LogP contribution in [-0.2, 0) is 17.1 Å². The van der Waals surface area contributed by atoms with E-state index in [1.54, 1.807) is 12.1 Å². The SMILES string of the molecule is CC(C)C1COC(c2ccccc2P(c2ccc(C(F)(F)F)cc2)c2ccc(C(F)(F)F)cc2)=N1. The Morgan fingerprint density at radius 3 is 1.69 bits per heavy atom. The molecule has 0 aromatic heterocycles. The standard InChI is InChI=1S/C26H22F6NOP/c1-16(2)22-15-34-24(33-22)21-5-3-4-6-23(21)35(19-11-7-17(8-12-19)25(27,28)29)20-13-9-18(10-14-20)26(30,31)32/h3-14,16,22H,15H2,1-2H3. The monoisotopic (exact) mass is 509 g/mol. The molecule has 1 unspecified atom stereocenters. The molecule has 3 aromatic rings. The van der Waals surface area contributed by atoms with Crippen LogP contribution in [0.2, 0.25) is 0 Å². The van der Waals surface area contributed by atoms with Gasteiger partial charge in [-0.2, -0.15) is 26.3 Å². The predicted molar refractivity (Wildman–Crippen MR) is 126 cm³/mol. The van der Waals surface area contributed by atoms with Gasteiger partial charge in [0, 0.05) is 5.56 Å². The summed E-state index contributed by atoms with van der Waals surface area (Å²) in [6.07, 6.45) is -8.99. The quantitative estimate of drug-likeness (QED) is 0.293. The van der Waals surface area contributed by atoms with Gasteiger partial charge in [0.2, 0.25) is 5.90 Å². The van der Waals surface area contributed by atoms with Crippen molar-refractivity contribution in [3.05, 3.63) is 89.5 Å². The number of benzene rings is 3. The van der Waals surface area contributed by atoms with Crippen molar-refractivity contribution in [2.75, 3.05) is 6.61 Å². The van der Waals surface area contributed by atoms with E-state index < -0.39 is 31.4 Å². The molecule has 0 saturated heterocycles. The molecule has 0 saturated carbocycles. The third kappa shape index (κ3) is 5.53. The first-order chi connectivity index (χ1) is 16.4. The Labute approximate surface area is 200 Å². The number of ether oxygens (including phenoxy) is 1. The molecule has 4 rings (SSSR count). The Morgan fingerprint density at radius 1 is 0.771 bits per heavy atom. The maximum atomic E-state index is 13.2. The number of aliphatic imine (C=N–C) groups is 1. The summed E-state index contributed by atoms with van der Waals surface area (Å²) in [5.74, 6) is 0.691. The summed E-state index contributed by atoms with van der Waals surface area (Å²) in [6, 6.07) is 16.7. The second-order valence-corrected chi connectivity index (χ2v) is 10.7. The summed E-state index contributed by atoms with van der Waals surface area (Å²) in [5, 5.41) is 1.88. The molecule has 1 aliphatic heterocycles. The maximum absolute atomic E-state index is 13.2. The fourth-order valence-corrected chi connectivity index (χ4v) is 6.15. The molecule has 3 aromatic carbocycles. The van der Waals surface area contributed by atoms with Gasteiger partial charge in [0.15, 0.2) is 0 Å². The second kappa shape index (κ2) is 9.65. The highest BCUT2D eigenvalue weighted by Gasteiger charge is 2.33. The van der Waals surface area contributed by atoms with Gasteiger partial charge in [0.1, 0.15) is 6.61 Å². The van der Waals surface area contributed by atoms with Crippen molar-refractivity contribution in [3.63, 3.8) is 0 Å². The van der Waals surface area contributed by atoms with Gasteiger partial charge in [-0.1, -0.05) is 56.3 Å². The zero-order valence-corrected chi connectivity index (χ0v) is 19.8. The van der Waals surface area contributed by atoms with Crippen LogP contribution in [0.25, 0.3) is 0 Å². The van der Waals surface area contributed by atoms with Crippen molar-refractivity contribution in [2.24, 2.45) is 10.9 Å². The Kier molecular flexibility index (Phi) is 6.96. The Bertz CT molecular complexity index is 1140. The van der Waals surface area contributed by atoms with Gasteiger partial charge in [-0.05, 0) is 60.1 Å². The minimum atomic E-state index is -4.49. The first-order valence-electron chi connectivity index (χ1n) is 10.9. The topological polar surface area (TPSA) is 21.6 Å². The Hall–Kier alpha value is -2.86. The molecular weight excluding hydrogens is 487 g/mol. The summed E-state index contributed by atoms with van der Waals surface area (Å²) in [6.45, 7) is 4.48. The highest BCUT2D eigenvalue weighted by molar-refractivity contribution is 7.80. The number of hydrogen-bond donors (Lipinski definition) is 0. The van der Waals surface area contributed by atoms with Gasteiger partial charge in [0.05, 0.1) is 17.2 Å². The highest BCUT2D eigenvalue weighted by Crippen LogP contribution is 2.38. The lowest BCUT2D eigenvalue weighted by atomic mass is 10.1. The number of nitrogens with zero attached hydrogens (tertiary/aromatic N) is 1. The number of hydrogen-bond acceptors (Lipinski definition) is 2. The maximum Gasteiger partial charge on any atom is 0.416 e. The second-order valence-electron chi connectivity index (χ2n) is 8.50. The van der Waals surface area contributed by atoms with Crippen molar-refractivity contribution in [1.29, 1.82) is 0 Å². The van der Waals surface area contributed by atoms with Crippen LogP contribution < -0.4 is 15.9 Å². The highest BCUT2D eigenvalue weighted by atomic mass is 31.1. The van der Waals surface area contributed by atoms with E-state index in [1.165, 1.54) is 24.3 Å². The van der Waals surface area contributed by atoms with Gasteiger partial charge >= 0.3 is 12.4 Å². The molecule has 2 nitrogen and oxygen atoms in total. The van der Waals surface area contributed by atoms with Crippen LogP contribution in [0.5, 0.6) is 0 Å². The molecule has 0 N–H and O–H groups in total. The van der Waals surface area contributed by atoms with Crippen molar-refractivity contribution in [1.82, 2.24) is 0 Å². The average Bonchev–Trinajstić information content (AvgIpc) is 3.30. The summed E-state index contributed by atoms with van der Waals surface area (Å²) in [4.78, 5) is 4.69. The lowest BCUT2D eigenvalue weighted by Gasteiger charge is -2.23. The van der Waals surface area contributed by atoms with Crippen LogP contribution in [0.3, 0.4) is 0 Å². The zero-order chi connectivity index (χ0) is 25.4. The molecule has 1 heterocycles. The lowest BCUT2D eigenvalue weighted by Crippen LogP contribution is -2.26. The van der Waals surface area contributed by atoms with Crippen molar-refractivity contribution < 1.29 is 31.1 Å². The molecular formula is C26H22F6NOP. The van der Waals surface area contributed by atoms with E-state index in [0.717, 1.165) is 29.6 Å². The summed E-state index contributed by atoms with van der Waals surface area (Å²) in [5.41, 5.74) is -0.901. The summed E-state index contributed by atoms with van der Waals surface area (Å²) in [7, 11) is -1.50. The number of rotatable bonds is 5. The first-order valence-corrected chi connectivity index (χ1v) is 12.2. The van der Waals surface area contributed by atoms with Crippen LogP contribution in [0, 0.1) is 5.92 Å². The van der Waals surface area contributed by atoms with Crippen LogP contribution in [0.15, 0.2) is 77.8 Å². The van der Waals surface area contributed by atoms with Crippen LogP contribution in [0.1, 0.15) is 30.5 Å². The van der Waals surface area contributed by atoms with Crippen LogP contribution >= 0.6 is 7.92 Å². The molecule has 1 aliphatic rings. The minimum absolute atomic E-state index is 0.0265. The van der Waals surface area contributed by atoms with Gasteiger partial charge in [-0.3, -0.25) is 0 Å². The van der Waals surface area contributed by atoms with Gasteiger partial charge < -0.3 is 4.74 Å². The smallest absolute Gasteiger partial charge is 0.416 e. The first kappa shape index (κ1) is 25.2. The average molecular weight is 509 g/mol. The molecule has 0 amide bonds. The molecule has 0 bridgehead atoms. The van der Waals surface area contributed by atoms with Crippen LogP contribution in [-0.4, -0.2) is 18.5 Å². The van der Waals surface area contributed by atoms with E-state index in [9.17, 15) is 26.3 Å². The van der Waals surface area contributed by atoms with E-state index in [4.69, 9.17) is 4.74 Å². The largest absolute Gasteiger partial charge is 0.475 e. The van der Waals surface area contributed by atoms with Gasteiger partial charge in [-0.25, -0.2) is 4.99 Å². The normalized spacial score (nSPS) is 16.5. The molecule has 0 aliphatic carbocycles. The summed E-state index contributed by atoms with van der Waals surface area (Å²) < 4.78 is 84.8. The van der Waals surface area contributed by atoms with Gasteiger partial charge in [-0.15, -0.1) is 0 Å². The molecule has 184 valence electrons. The fourth-order valence-electron chi connectivity index (χ4n) is 3.75. The molecule has 0 radical (unpaired) electrons. The van der Waals surface area contributed by atoms with E-state index in [2.05, 4.69) is 4.99 Å². The summed E-state index contributed by atoms with van der Waals surface area (Å²) >= 11 is 0. The zero-order valence-electron chi connectivity index (χ0n) is 18.9. The lowest BCUT2D eigenvalue weighted by molar-refractivity contribution is -0.138. The predicted octanol–water partition coefficient (Wildman–Crippen LogP) is 6.28. The number of halogens is 6. The molecule has 35 heavy (non-hydrogen) atoms. The van der Waals surface area contributed by atoms with Crippen molar-refractivity contribution >= 4 is 29.7 Å². The fraction of sp³-hybridized carbons (Fsp3) is 0.269. The Morgan fingerprint density at radius 2 is 1.26 bits per heavy atom. The van der Waals surface area contributed by atoms with Gasteiger partial charge in [0.25, 0.3) is 0 Å². The van der Waals surface area contributed by atoms with Crippen molar-refractivity contribution in [2.45, 2.75) is 32.2 Å². The molecule has 9 heteroatoms. The van der Waals surface area contributed by atoms with Crippen LogP contribution in [0.4, 0.5) is 26.3 Å². The molecule has 0 spiro atoms. The third-order valence-electron chi connectivity index (χ3n) is 5.72. The van der Waals surface area contributed by atoms with E-state index >= 15 is 0 Å². The van der Waals surface area contributed by atoms with E-state index in [1.807, 2.05) is 26.0 Å². The molecule has 1 atom stereocenters. The Balaban J connectivity index is 1.84. The third-order valence-corrected chi connectivity index (χ3v) is 8.23. The van der Waals surface area contributed by atoms with Crippen molar-refractivity contribution in [3.8, 4) is 0 Å². The number of alkyl halides is 6. The van der Waals surface area contributed by atoms with E-state index in [-0.39, 0.29) is 12.0 Å². The van der Waals surface area contributed by atoms with E-state index in [0.29, 0.717) is 28.7 Å². The molecule has 0 fully saturated rings.